The zero-order chi connectivity index (χ0) is 16.7. The van der Waals surface area contributed by atoms with Crippen molar-refractivity contribution in [3.05, 3.63) is 12.2 Å². The minimum absolute atomic E-state index is 0.558. The average molecular weight is 304 g/mol. The maximum Gasteiger partial charge on any atom is 0.328 e. The van der Waals surface area contributed by atoms with Crippen molar-refractivity contribution in [3.8, 4) is 0 Å². The van der Waals surface area contributed by atoms with Gasteiger partial charge in [0.2, 0.25) is 0 Å². The molecular weight excluding hydrogens is 276 g/mol. The Balaban J connectivity index is 0. The van der Waals surface area contributed by atoms with Crippen molar-refractivity contribution in [2.75, 3.05) is 41.3 Å². The summed E-state index contributed by atoms with van der Waals surface area (Å²) >= 11 is 0. The maximum absolute atomic E-state index is 9.55. The summed E-state index contributed by atoms with van der Waals surface area (Å²) in [7, 11) is 8.09. The minimum atomic E-state index is -1.26. The lowest BCUT2D eigenvalue weighted by Crippen LogP contribution is -2.32. The molecule has 4 N–H and O–H groups in total. The Labute approximate surface area is 126 Å². The van der Waals surface area contributed by atoms with Crippen LogP contribution in [-0.4, -0.2) is 73.4 Å². The van der Waals surface area contributed by atoms with Gasteiger partial charge in [-0.05, 0) is 12.8 Å². The molecule has 21 heavy (non-hydrogen) atoms. The number of hydrazine groups is 2. The van der Waals surface area contributed by atoms with Crippen LogP contribution < -0.4 is 10.9 Å². The molecule has 0 amide bonds. The van der Waals surface area contributed by atoms with Crippen molar-refractivity contribution in [1.82, 2.24) is 20.9 Å². The number of aliphatic carboxylic acids is 2. The molecule has 0 radical (unpaired) electrons. The SMILES string of the molecule is CN(C)NCCCCCNN(C)C.O=C(O)/C=C/C(=O)O. The van der Waals surface area contributed by atoms with Crippen LogP contribution in [0.4, 0.5) is 0 Å². The second kappa shape index (κ2) is 14.9. The molecule has 0 aromatic carbocycles. The lowest BCUT2D eigenvalue weighted by molar-refractivity contribution is -0.134. The Morgan fingerprint density at radius 1 is 0.810 bits per heavy atom. The summed E-state index contributed by atoms with van der Waals surface area (Å²) in [5.74, 6) is -2.51. The minimum Gasteiger partial charge on any atom is -0.478 e. The van der Waals surface area contributed by atoms with E-state index in [-0.39, 0.29) is 0 Å². The van der Waals surface area contributed by atoms with Gasteiger partial charge in [-0.15, -0.1) is 0 Å². The molecule has 0 aromatic rings. The van der Waals surface area contributed by atoms with E-state index in [1.807, 2.05) is 38.2 Å². The van der Waals surface area contributed by atoms with Gasteiger partial charge in [0.1, 0.15) is 0 Å². The fourth-order valence-electron chi connectivity index (χ4n) is 1.17. The largest absolute Gasteiger partial charge is 0.478 e. The van der Waals surface area contributed by atoms with E-state index >= 15 is 0 Å². The molecule has 0 bridgehead atoms. The fraction of sp³-hybridized carbons (Fsp3) is 0.692. The van der Waals surface area contributed by atoms with Crippen molar-refractivity contribution in [2.24, 2.45) is 0 Å². The molecule has 0 rings (SSSR count). The Kier molecular flexibility index (Phi) is 15.5. The third-order valence-electron chi connectivity index (χ3n) is 2.08. The first-order valence-electron chi connectivity index (χ1n) is 6.71. The molecule has 0 fully saturated rings. The normalized spacial score (nSPS) is 10.8. The van der Waals surface area contributed by atoms with Gasteiger partial charge in [-0.25, -0.2) is 9.59 Å². The van der Waals surface area contributed by atoms with Gasteiger partial charge in [-0.2, -0.15) is 0 Å². The Bertz CT molecular complexity index is 279. The zero-order valence-corrected chi connectivity index (χ0v) is 13.3. The number of hydrogen-bond donors (Lipinski definition) is 4. The molecule has 0 atom stereocenters. The summed E-state index contributed by atoms with van der Waals surface area (Å²) in [4.78, 5) is 19.1. The van der Waals surface area contributed by atoms with Crippen LogP contribution in [0.15, 0.2) is 12.2 Å². The Hall–Kier alpha value is -1.48. The van der Waals surface area contributed by atoms with Gasteiger partial charge < -0.3 is 10.2 Å². The first-order valence-corrected chi connectivity index (χ1v) is 6.71. The van der Waals surface area contributed by atoms with Crippen LogP contribution in [0.5, 0.6) is 0 Å². The van der Waals surface area contributed by atoms with Crippen molar-refractivity contribution in [1.29, 1.82) is 0 Å². The number of hydrogen-bond acceptors (Lipinski definition) is 6. The highest BCUT2D eigenvalue weighted by Crippen LogP contribution is 1.92. The molecule has 0 aromatic heterocycles. The van der Waals surface area contributed by atoms with Crippen molar-refractivity contribution in [3.63, 3.8) is 0 Å². The number of unbranched alkanes of at least 4 members (excludes halogenated alkanes) is 2. The molecule has 124 valence electrons. The van der Waals surface area contributed by atoms with E-state index in [1.165, 1.54) is 19.3 Å². The van der Waals surface area contributed by atoms with Crippen molar-refractivity contribution >= 4 is 11.9 Å². The predicted octanol–water partition coefficient (Wildman–Crippen LogP) is 0.000900. The molecule has 0 aliphatic rings. The number of carboxylic acids is 2. The van der Waals surface area contributed by atoms with Crippen molar-refractivity contribution < 1.29 is 19.8 Å². The molecule has 0 heterocycles. The third kappa shape index (κ3) is 27.7. The molecule has 0 spiro atoms. The van der Waals surface area contributed by atoms with Crippen LogP contribution in [0.25, 0.3) is 0 Å². The van der Waals surface area contributed by atoms with Crippen LogP contribution >= 0.6 is 0 Å². The van der Waals surface area contributed by atoms with Gasteiger partial charge in [-0.1, -0.05) is 6.42 Å². The second-order valence-corrected chi connectivity index (χ2v) is 4.68. The summed E-state index contributed by atoms with van der Waals surface area (Å²) in [5, 5.41) is 19.6. The first-order chi connectivity index (χ1) is 9.75. The number of carbonyl (C=O) groups is 2. The van der Waals surface area contributed by atoms with Crippen LogP contribution in [0, 0.1) is 0 Å². The van der Waals surface area contributed by atoms with Crippen LogP contribution in [0.2, 0.25) is 0 Å². The van der Waals surface area contributed by atoms with Gasteiger partial charge in [0, 0.05) is 53.4 Å². The van der Waals surface area contributed by atoms with Gasteiger partial charge in [0.25, 0.3) is 0 Å². The van der Waals surface area contributed by atoms with E-state index in [0.717, 1.165) is 13.1 Å². The summed E-state index contributed by atoms with van der Waals surface area (Å²) in [6, 6.07) is 0. The van der Waals surface area contributed by atoms with E-state index in [0.29, 0.717) is 12.2 Å². The van der Waals surface area contributed by atoms with Gasteiger partial charge >= 0.3 is 11.9 Å². The quantitative estimate of drug-likeness (QED) is 0.254. The van der Waals surface area contributed by atoms with E-state index < -0.39 is 11.9 Å². The molecule has 0 aliphatic carbocycles. The van der Waals surface area contributed by atoms with E-state index in [1.54, 1.807) is 0 Å². The molecule has 8 nitrogen and oxygen atoms in total. The topological polar surface area (TPSA) is 105 Å². The summed E-state index contributed by atoms with van der Waals surface area (Å²) in [6.45, 7) is 2.16. The monoisotopic (exact) mass is 304 g/mol. The highest BCUT2D eigenvalue weighted by atomic mass is 16.4. The van der Waals surface area contributed by atoms with Gasteiger partial charge in [0.15, 0.2) is 0 Å². The van der Waals surface area contributed by atoms with Gasteiger partial charge in [0.05, 0.1) is 0 Å². The van der Waals surface area contributed by atoms with Crippen LogP contribution in [0.3, 0.4) is 0 Å². The molecule has 8 heteroatoms. The van der Waals surface area contributed by atoms with Crippen molar-refractivity contribution in [2.45, 2.75) is 19.3 Å². The summed E-state index contributed by atoms with van der Waals surface area (Å²) < 4.78 is 0. The van der Waals surface area contributed by atoms with E-state index in [2.05, 4.69) is 10.9 Å². The predicted molar refractivity (Wildman–Crippen MR) is 81.6 cm³/mol. The average Bonchev–Trinajstić information content (AvgIpc) is 2.35. The highest BCUT2D eigenvalue weighted by molar-refractivity contribution is 5.89. The Morgan fingerprint density at radius 2 is 1.14 bits per heavy atom. The molecule has 0 aliphatic heterocycles. The van der Waals surface area contributed by atoms with E-state index in [4.69, 9.17) is 10.2 Å². The maximum atomic E-state index is 9.55. The highest BCUT2D eigenvalue weighted by Gasteiger charge is 1.91. The number of carboxylic acid groups (broad SMARTS) is 2. The lowest BCUT2D eigenvalue weighted by Gasteiger charge is -2.13. The fourth-order valence-corrected chi connectivity index (χ4v) is 1.17. The number of nitrogens with one attached hydrogen (secondary N) is 2. The summed E-state index contributed by atoms with van der Waals surface area (Å²) in [6.07, 6.45) is 4.88. The third-order valence-corrected chi connectivity index (χ3v) is 2.08. The lowest BCUT2D eigenvalue weighted by atomic mass is 10.2. The smallest absolute Gasteiger partial charge is 0.328 e. The van der Waals surface area contributed by atoms with Gasteiger partial charge in [-0.3, -0.25) is 20.9 Å². The Morgan fingerprint density at radius 3 is 1.38 bits per heavy atom. The number of rotatable bonds is 10. The first kappa shape index (κ1) is 21.8. The zero-order valence-electron chi connectivity index (χ0n) is 13.3. The molecular formula is C13H28N4O4. The van der Waals surface area contributed by atoms with E-state index in [9.17, 15) is 9.59 Å². The molecule has 0 saturated heterocycles. The standard InChI is InChI=1S/C9H24N4.C4H4O4/c1-12(2)10-8-6-5-7-9-11-13(3)4;5-3(6)1-2-4(7)8/h10-11H,5-9H2,1-4H3;1-2H,(H,5,6)(H,7,8)/b;2-1+. The summed E-state index contributed by atoms with van der Waals surface area (Å²) in [5.41, 5.74) is 6.50. The van der Waals surface area contributed by atoms with Crippen LogP contribution in [0.1, 0.15) is 19.3 Å². The molecule has 0 unspecified atom stereocenters. The number of nitrogens with zero attached hydrogens (tertiary/aromatic N) is 2. The molecule has 0 saturated carbocycles. The second-order valence-electron chi connectivity index (χ2n) is 4.68. The van der Waals surface area contributed by atoms with Crippen LogP contribution in [-0.2, 0) is 9.59 Å².